The van der Waals surface area contributed by atoms with Gasteiger partial charge in [0.15, 0.2) is 0 Å². The maximum Gasteiger partial charge on any atom is 0.267 e. The third-order valence-electron chi connectivity index (χ3n) is 4.78. The highest BCUT2D eigenvalue weighted by atomic mass is 16.1. The molecule has 1 aromatic rings. The fraction of sp³-hybridized carbons (Fsp3) is 0.688. The molecular weight excluding hydrogens is 250 g/mol. The minimum Gasteiger partial charge on any atom is -0.351 e. The summed E-state index contributed by atoms with van der Waals surface area (Å²) in [7, 11) is 0. The van der Waals surface area contributed by atoms with Crippen LogP contribution in [-0.2, 0) is 0 Å². The zero-order chi connectivity index (χ0) is 13.8. The molecule has 0 unspecified atom stereocenters. The van der Waals surface area contributed by atoms with Crippen molar-refractivity contribution in [2.75, 3.05) is 19.6 Å². The average Bonchev–Trinajstić information content (AvgIpc) is 2.92. The molecule has 1 saturated heterocycles. The van der Waals surface area contributed by atoms with E-state index in [4.69, 9.17) is 0 Å². The van der Waals surface area contributed by atoms with Crippen molar-refractivity contribution in [3.05, 3.63) is 24.0 Å². The van der Waals surface area contributed by atoms with Gasteiger partial charge in [-0.2, -0.15) is 0 Å². The zero-order valence-electron chi connectivity index (χ0n) is 12.1. The zero-order valence-corrected chi connectivity index (χ0v) is 12.1. The van der Waals surface area contributed by atoms with Gasteiger partial charge in [0.05, 0.1) is 0 Å². The lowest BCUT2D eigenvalue weighted by molar-refractivity contribution is 0.0936. The maximum absolute atomic E-state index is 12.3. The molecule has 1 aliphatic heterocycles. The summed E-state index contributed by atoms with van der Waals surface area (Å²) in [4.78, 5) is 12.3. The van der Waals surface area contributed by atoms with Crippen LogP contribution in [0.3, 0.4) is 0 Å². The van der Waals surface area contributed by atoms with E-state index in [1.54, 1.807) is 0 Å². The molecule has 1 aromatic heterocycles. The third kappa shape index (κ3) is 3.06. The molecule has 0 atom stereocenters. The van der Waals surface area contributed by atoms with E-state index in [1.807, 2.05) is 12.1 Å². The summed E-state index contributed by atoms with van der Waals surface area (Å²) < 4.78 is 2.17. The summed E-state index contributed by atoms with van der Waals surface area (Å²) in [5, 5.41) is 6.46. The standard InChI is InChI=1S/C16H25N3O/c20-16(18-11-6-13-3-1-4-13)15-5-2-12-19(15)14-7-9-17-10-8-14/h2,5,12-14,17H,1,3-4,6-11H2,(H,18,20). The summed E-state index contributed by atoms with van der Waals surface area (Å²) in [5.74, 6) is 0.944. The van der Waals surface area contributed by atoms with Crippen molar-refractivity contribution >= 4 is 5.91 Å². The van der Waals surface area contributed by atoms with E-state index < -0.39 is 0 Å². The van der Waals surface area contributed by atoms with Crippen molar-refractivity contribution in [3.8, 4) is 0 Å². The maximum atomic E-state index is 12.3. The first kappa shape index (κ1) is 13.7. The first-order valence-corrected chi connectivity index (χ1v) is 8.00. The quantitative estimate of drug-likeness (QED) is 0.866. The summed E-state index contributed by atoms with van der Waals surface area (Å²) >= 11 is 0. The topological polar surface area (TPSA) is 46.1 Å². The predicted molar refractivity (Wildman–Crippen MR) is 79.9 cm³/mol. The van der Waals surface area contributed by atoms with Crippen LogP contribution in [0.15, 0.2) is 18.3 Å². The molecule has 2 aliphatic rings. The Hall–Kier alpha value is -1.29. The van der Waals surface area contributed by atoms with Gasteiger partial charge in [-0.05, 0) is 50.4 Å². The van der Waals surface area contributed by atoms with Crippen LogP contribution in [0.4, 0.5) is 0 Å². The molecule has 3 rings (SSSR count). The Labute approximate surface area is 120 Å². The molecular formula is C16H25N3O. The van der Waals surface area contributed by atoms with Crippen LogP contribution in [-0.4, -0.2) is 30.1 Å². The van der Waals surface area contributed by atoms with Crippen LogP contribution in [0.2, 0.25) is 0 Å². The van der Waals surface area contributed by atoms with Crippen molar-refractivity contribution in [2.24, 2.45) is 5.92 Å². The molecule has 4 nitrogen and oxygen atoms in total. The molecule has 0 spiro atoms. The van der Waals surface area contributed by atoms with Crippen LogP contribution in [0, 0.1) is 5.92 Å². The average molecular weight is 275 g/mol. The van der Waals surface area contributed by atoms with Crippen molar-refractivity contribution in [3.63, 3.8) is 0 Å². The molecule has 0 bridgehead atoms. The Bertz CT molecular complexity index is 444. The number of aromatic nitrogens is 1. The van der Waals surface area contributed by atoms with Gasteiger partial charge < -0.3 is 15.2 Å². The van der Waals surface area contributed by atoms with Gasteiger partial charge in [-0.15, -0.1) is 0 Å². The monoisotopic (exact) mass is 275 g/mol. The molecule has 2 heterocycles. The first-order chi connectivity index (χ1) is 9.84. The Kier molecular flexibility index (Phi) is 4.41. The molecule has 0 radical (unpaired) electrons. The van der Waals surface area contributed by atoms with Gasteiger partial charge in [-0.3, -0.25) is 4.79 Å². The molecule has 0 aromatic carbocycles. The van der Waals surface area contributed by atoms with Crippen LogP contribution in [0.5, 0.6) is 0 Å². The SMILES string of the molecule is O=C(NCCC1CCC1)c1cccn1C1CCNCC1. The lowest BCUT2D eigenvalue weighted by atomic mass is 9.83. The number of hydrogen-bond donors (Lipinski definition) is 2. The van der Waals surface area contributed by atoms with Crippen LogP contribution >= 0.6 is 0 Å². The van der Waals surface area contributed by atoms with Gasteiger partial charge in [-0.1, -0.05) is 19.3 Å². The number of rotatable bonds is 5. The fourth-order valence-electron chi connectivity index (χ4n) is 3.25. The number of carbonyl (C=O) groups is 1. The molecule has 4 heteroatoms. The highest BCUT2D eigenvalue weighted by molar-refractivity contribution is 5.92. The Morgan fingerprint density at radius 1 is 1.30 bits per heavy atom. The molecule has 1 aliphatic carbocycles. The number of carbonyl (C=O) groups excluding carboxylic acids is 1. The fourth-order valence-corrected chi connectivity index (χ4v) is 3.25. The summed E-state index contributed by atoms with van der Waals surface area (Å²) in [5.41, 5.74) is 0.825. The second-order valence-electron chi connectivity index (χ2n) is 6.12. The molecule has 2 N–H and O–H groups in total. The largest absolute Gasteiger partial charge is 0.351 e. The number of nitrogens with zero attached hydrogens (tertiary/aromatic N) is 1. The predicted octanol–water partition coefficient (Wildman–Crippen LogP) is 2.33. The second-order valence-corrected chi connectivity index (χ2v) is 6.12. The Morgan fingerprint density at radius 2 is 2.10 bits per heavy atom. The number of nitrogens with one attached hydrogen (secondary N) is 2. The van der Waals surface area contributed by atoms with E-state index in [-0.39, 0.29) is 5.91 Å². The summed E-state index contributed by atoms with van der Waals surface area (Å²) in [6.07, 6.45) is 9.48. The van der Waals surface area contributed by atoms with Crippen LogP contribution in [0.1, 0.15) is 55.1 Å². The lowest BCUT2D eigenvalue weighted by Crippen LogP contribution is -2.33. The second kappa shape index (κ2) is 6.44. The molecule has 20 heavy (non-hydrogen) atoms. The van der Waals surface area contributed by atoms with Crippen LogP contribution < -0.4 is 10.6 Å². The first-order valence-electron chi connectivity index (χ1n) is 8.00. The number of piperidine rings is 1. The third-order valence-corrected chi connectivity index (χ3v) is 4.78. The van der Waals surface area contributed by atoms with E-state index in [0.29, 0.717) is 6.04 Å². The van der Waals surface area contributed by atoms with E-state index in [0.717, 1.165) is 50.5 Å². The van der Waals surface area contributed by atoms with Crippen molar-refractivity contribution in [2.45, 2.75) is 44.6 Å². The minimum atomic E-state index is 0.0906. The van der Waals surface area contributed by atoms with Gasteiger partial charge in [0.2, 0.25) is 0 Å². The highest BCUT2D eigenvalue weighted by Gasteiger charge is 2.21. The molecule has 1 saturated carbocycles. The van der Waals surface area contributed by atoms with Crippen molar-refractivity contribution in [1.82, 2.24) is 15.2 Å². The Balaban J connectivity index is 1.55. The van der Waals surface area contributed by atoms with Crippen molar-refractivity contribution in [1.29, 1.82) is 0 Å². The van der Waals surface area contributed by atoms with Crippen LogP contribution in [0.25, 0.3) is 0 Å². The van der Waals surface area contributed by atoms with E-state index in [2.05, 4.69) is 21.4 Å². The van der Waals surface area contributed by atoms with Gasteiger partial charge in [-0.25, -0.2) is 0 Å². The van der Waals surface area contributed by atoms with E-state index in [9.17, 15) is 4.79 Å². The summed E-state index contributed by atoms with van der Waals surface area (Å²) in [6.45, 7) is 2.91. The number of amides is 1. The Morgan fingerprint density at radius 3 is 2.80 bits per heavy atom. The number of hydrogen-bond acceptors (Lipinski definition) is 2. The lowest BCUT2D eigenvalue weighted by Gasteiger charge is -2.26. The normalized spacial score (nSPS) is 20.6. The smallest absolute Gasteiger partial charge is 0.267 e. The molecule has 110 valence electrons. The molecule has 1 amide bonds. The molecule has 2 fully saturated rings. The van der Waals surface area contributed by atoms with E-state index >= 15 is 0 Å². The summed E-state index contributed by atoms with van der Waals surface area (Å²) in [6, 6.07) is 4.41. The van der Waals surface area contributed by atoms with Gasteiger partial charge >= 0.3 is 0 Å². The highest BCUT2D eigenvalue weighted by Crippen LogP contribution is 2.28. The minimum absolute atomic E-state index is 0.0906. The van der Waals surface area contributed by atoms with Gasteiger partial charge in [0.1, 0.15) is 5.69 Å². The van der Waals surface area contributed by atoms with Crippen molar-refractivity contribution < 1.29 is 4.79 Å². The van der Waals surface area contributed by atoms with Gasteiger partial charge in [0.25, 0.3) is 5.91 Å². The van der Waals surface area contributed by atoms with E-state index in [1.165, 1.54) is 19.3 Å². The van der Waals surface area contributed by atoms with Gasteiger partial charge in [0, 0.05) is 18.8 Å².